The minimum absolute atomic E-state index is 0. The van der Waals surface area contributed by atoms with Crippen molar-refractivity contribution in [3.8, 4) is 0 Å². The number of aliphatic carboxylic acids is 1. The van der Waals surface area contributed by atoms with Crippen molar-refractivity contribution in [3.63, 3.8) is 0 Å². The Kier molecular flexibility index (Phi) is 7.01. The van der Waals surface area contributed by atoms with E-state index in [2.05, 4.69) is 4.90 Å². The molecular formula is C11H22ClNO4. The van der Waals surface area contributed by atoms with Crippen LogP contribution >= 0.6 is 12.4 Å². The third kappa shape index (κ3) is 3.31. The molecule has 5 nitrogen and oxygen atoms in total. The molecule has 0 bridgehead atoms. The van der Waals surface area contributed by atoms with E-state index in [1.807, 2.05) is 0 Å². The highest BCUT2D eigenvalue weighted by Gasteiger charge is 2.45. The van der Waals surface area contributed by atoms with Crippen LogP contribution in [-0.4, -0.2) is 53.3 Å². The summed E-state index contributed by atoms with van der Waals surface area (Å²) in [5, 5.41) is 9.46. The second-order valence-electron chi connectivity index (χ2n) is 4.50. The Labute approximate surface area is 108 Å². The summed E-state index contributed by atoms with van der Waals surface area (Å²) in [6.45, 7) is 2.89. The molecule has 0 spiro atoms. The van der Waals surface area contributed by atoms with Crippen molar-refractivity contribution in [2.45, 2.75) is 37.6 Å². The van der Waals surface area contributed by atoms with Crippen molar-refractivity contribution in [2.75, 3.05) is 26.3 Å². The summed E-state index contributed by atoms with van der Waals surface area (Å²) in [5.74, 6) is -0.635. The lowest BCUT2D eigenvalue weighted by atomic mass is 9.80. The number of nitrogens with zero attached hydrogens (tertiary/aromatic N) is 1. The van der Waals surface area contributed by atoms with E-state index in [1.165, 1.54) is 6.42 Å². The van der Waals surface area contributed by atoms with E-state index < -0.39 is 11.5 Å². The van der Waals surface area contributed by atoms with E-state index in [0.717, 1.165) is 38.8 Å². The molecule has 0 aromatic carbocycles. The maximum Gasteiger partial charge on any atom is 0.324 e. The Balaban J connectivity index is 0.00000128. The molecule has 0 aromatic heterocycles. The molecule has 1 saturated carbocycles. The number of morpholine rings is 1. The molecule has 1 heterocycles. The summed E-state index contributed by atoms with van der Waals surface area (Å²) < 4.78 is 5.28. The second kappa shape index (κ2) is 7.16. The fourth-order valence-electron chi connectivity index (χ4n) is 2.79. The van der Waals surface area contributed by atoms with Gasteiger partial charge in [-0.2, -0.15) is 0 Å². The predicted molar refractivity (Wildman–Crippen MR) is 66.7 cm³/mol. The molecule has 1 saturated heterocycles. The zero-order chi connectivity index (χ0) is 10.7. The smallest absolute Gasteiger partial charge is 0.324 e. The number of hydrogen-bond donors (Lipinski definition) is 1. The highest BCUT2D eigenvalue weighted by molar-refractivity contribution is 5.85. The summed E-state index contributed by atoms with van der Waals surface area (Å²) in [6.07, 6.45) is 4.89. The Morgan fingerprint density at radius 1 is 1.12 bits per heavy atom. The van der Waals surface area contributed by atoms with Crippen LogP contribution in [-0.2, 0) is 9.53 Å². The van der Waals surface area contributed by atoms with E-state index in [-0.39, 0.29) is 17.9 Å². The number of halogens is 1. The maximum atomic E-state index is 11.5. The van der Waals surface area contributed by atoms with E-state index in [4.69, 9.17) is 4.74 Å². The lowest BCUT2D eigenvalue weighted by Crippen LogP contribution is -2.59. The van der Waals surface area contributed by atoms with Gasteiger partial charge in [-0.3, -0.25) is 9.69 Å². The molecule has 0 aromatic rings. The molecular weight excluding hydrogens is 246 g/mol. The minimum Gasteiger partial charge on any atom is -0.480 e. The molecule has 17 heavy (non-hydrogen) atoms. The molecule has 2 rings (SSSR count). The molecule has 3 N–H and O–H groups in total. The summed E-state index contributed by atoms with van der Waals surface area (Å²) in [5.41, 5.74) is -0.581. The van der Waals surface area contributed by atoms with Gasteiger partial charge in [0.2, 0.25) is 0 Å². The molecule has 1 aliphatic carbocycles. The van der Waals surface area contributed by atoms with Gasteiger partial charge in [-0.05, 0) is 12.8 Å². The van der Waals surface area contributed by atoms with Crippen molar-refractivity contribution in [1.82, 2.24) is 4.90 Å². The zero-order valence-electron chi connectivity index (χ0n) is 9.98. The number of rotatable bonds is 2. The Bertz CT molecular complexity index is 238. The number of hydrogen-bond acceptors (Lipinski definition) is 3. The van der Waals surface area contributed by atoms with E-state index in [1.54, 1.807) is 0 Å². The number of carboxylic acids is 1. The normalized spacial score (nSPS) is 24.2. The molecule has 6 heteroatoms. The van der Waals surface area contributed by atoms with Crippen LogP contribution in [0.3, 0.4) is 0 Å². The van der Waals surface area contributed by atoms with Crippen LogP contribution in [0.1, 0.15) is 32.1 Å². The molecule has 0 amide bonds. The first-order chi connectivity index (χ1) is 7.26. The van der Waals surface area contributed by atoms with Gasteiger partial charge in [0.05, 0.1) is 13.2 Å². The van der Waals surface area contributed by atoms with Gasteiger partial charge in [0.1, 0.15) is 5.54 Å². The summed E-state index contributed by atoms with van der Waals surface area (Å²) in [4.78, 5) is 13.6. The SMILES string of the molecule is Cl.O.O=C(O)C1(N2CCOCC2)CCCCC1. The van der Waals surface area contributed by atoms with Gasteiger partial charge < -0.3 is 15.3 Å². The third-order valence-electron chi connectivity index (χ3n) is 3.70. The fourth-order valence-corrected chi connectivity index (χ4v) is 2.79. The Morgan fingerprint density at radius 3 is 2.12 bits per heavy atom. The predicted octanol–water partition coefficient (Wildman–Crippen LogP) is 0.703. The minimum atomic E-state index is -0.635. The van der Waals surface area contributed by atoms with E-state index in [9.17, 15) is 9.90 Å². The van der Waals surface area contributed by atoms with Gasteiger partial charge in [0.25, 0.3) is 0 Å². The van der Waals surface area contributed by atoms with Crippen LogP contribution < -0.4 is 0 Å². The van der Waals surface area contributed by atoms with Gasteiger partial charge in [0.15, 0.2) is 0 Å². The van der Waals surface area contributed by atoms with Crippen molar-refractivity contribution < 1.29 is 20.1 Å². The van der Waals surface area contributed by atoms with Crippen molar-refractivity contribution in [2.24, 2.45) is 0 Å². The average Bonchev–Trinajstić information content (AvgIpc) is 2.31. The van der Waals surface area contributed by atoms with E-state index >= 15 is 0 Å². The number of ether oxygens (including phenoxy) is 1. The highest BCUT2D eigenvalue weighted by atomic mass is 35.5. The molecule has 0 radical (unpaired) electrons. The van der Waals surface area contributed by atoms with Gasteiger partial charge in [-0.15, -0.1) is 12.4 Å². The fraction of sp³-hybridized carbons (Fsp3) is 0.909. The Morgan fingerprint density at radius 2 is 1.65 bits per heavy atom. The number of carboxylic acid groups (broad SMARTS) is 1. The van der Waals surface area contributed by atoms with Crippen LogP contribution in [0.2, 0.25) is 0 Å². The van der Waals surface area contributed by atoms with Gasteiger partial charge in [-0.1, -0.05) is 19.3 Å². The number of carbonyl (C=O) groups is 1. The molecule has 2 fully saturated rings. The second-order valence-corrected chi connectivity index (χ2v) is 4.50. The topological polar surface area (TPSA) is 81.3 Å². The third-order valence-corrected chi connectivity index (χ3v) is 3.70. The first kappa shape index (κ1) is 16.6. The van der Waals surface area contributed by atoms with Crippen LogP contribution in [0.15, 0.2) is 0 Å². The molecule has 1 aliphatic heterocycles. The maximum absolute atomic E-state index is 11.5. The summed E-state index contributed by atoms with van der Waals surface area (Å²) in [6, 6.07) is 0. The lowest BCUT2D eigenvalue weighted by Gasteiger charge is -2.44. The first-order valence-corrected chi connectivity index (χ1v) is 5.82. The quantitative estimate of drug-likeness (QED) is 0.799. The largest absolute Gasteiger partial charge is 0.480 e. The standard InChI is InChI=1S/C11H19NO3.ClH.H2O/c13-10(14)11(4-2-1-3-5-11)12-6-8-15-9-7-12;;/h1-9H2,(H,13,14);1H;1H2. The molecule has 0 unspecified atom stereocenters. The Hall–Kier alpha value is -0.360. The van der Waals surface area contributed by atoms with Gasteiger partial charge in [0, 0.05) is 13.1 Å². The first-order valence-electron chi connectivity index (χ1n) is 5.82. The summed E-state index contributed by atoms with van der Waals surface area (Å²) >= 11 is 0. The van der Waals surface area contributed by atoms with Crippen LogP contribution in [0.4, 0.5) is 0 Å². The molecule has 2 aliphatic rings. The van der Waals surface area contributed by atoms with Crippen LogP contribution in [0.25, 0.3) is 0 Å². The molecule has 102 valence electrons. The zero-order valence-corrected chi connectivity index (χ0v) is 10.8. The van der Waals surface area contributed by atoms with Crippen molar-refractivity contribution >= 4 is 18.4 Å². The van der Waals surface area contributed by atoms with Gasteiger partial charge in [-0.25, -0.2) is 0 Å². The van der Waals surface area contributed by atoms with Crippen molar-refractivity contribution in [1.29, 1.82) is 0 Å². The lowest BCUT2D eigenvalue weighted by molar-refractivity contribution is -0.158. The summed E-state index contributed by atoms with van der Waals surface area (Å²) in [7, 11) is 0. The average molecular weight is 268 g/mol. The van der Waals surface area contributed by atoms with Gasteiger partial charge >= 0.3 is 5.97 Å². The van der Waals surface area contributed by atoms with Crippen molar-refractivity contribution in [3.05, 3.63) is 0 Å². The van der Waals surface area contributed by atoms with E-state index in [0.29, 0.717) is 13.2 Å². The highest BCUT2D eigenvalue weighted by Crippen LogP contribution is 2.34. The van der Waals surface area contributed by atoms with Crippen LogP contribution in [0, 0.1) is 0 Å². The monoisotopic (exact) mass is 267 g/mol. The van der Waals surface area contributed by atoms with Crippen LogP contribution in [0.5, 0.6) is 0 Å². The molecule has 0 atom stereocenters.